The minimum Gasteiger partial charge on any atom is -0.461 e. The van der Waals surface area contributed by atoms with E-state index in [1.807, 2.05) is 0 Å². The molecule has 0 aromatic carbocycles. The zero-order chi connectivity index (χ0) is 10.7. The molecule has 82 valence electrons. The molecule has 3 nitrogen and oxygen atoms in total. The van der Waals surface area contributed by atoms with Crippen LogP contribution in [0.5, 0.6) is 0 Å². The van der Waals surface area contributed by atoms with Gasteiger partial charge < -0.3 is 4.42 Å². The topological polar surface area (TPSA) is 33.5 Å². The van der Waals surface area contributed by atoms with Crippen LogP contribution in [0.15, 0.2) is 22.8 Å². The van der Waals surface area contributed by atoms with Gasteiger partial charge in [-0.3, -0.25) is 9.69 Å². The molecule has 15 heavy (non-hydrogen) atoms. The normalized spacial score (nSPS) is 22.1. The lowest BCUT2D eigenvalue weighted by Gasteiger charge is -2.13. The number of furan rings is 1. The summed E-state index contributed by atoms with van der Waals surface area (Å²) >= 11 is 0. The maximum atomic E-state index is 11.7. The van der Waals surface area contributed by atoms with Crippen LogP contribution in [0.4, 0.5) is 0 Å². The van der Waals surface area contributed by atoms with Crippen molar-refractivity contribution in [3.63, 3.8) is 0 Å². The molecule has 0 radical (unpaired) electrons. The van der Waals surface area contributed by atoms with Gasteiger partial charge in [-0.25, -0.2) is 0 Å². The fraction of sp³-hybridized carbons (Fsp3) is 0.583. The summed E-state index contributed by atoms with van der Waals surface area (Å²) in [5.41, 5.74) is 0. The molecule has 3 heteroatoms. The van der Waals surface area contributed by atoms with Gasteiger partial charge in [0.25, 0.3) is 0 Å². The molecule has 1 atom stereocenters. The SMILES string of the molecule is CCC1CCN(CC(=O)c2ccco2)C1. The van der Waals surface area contributed by atoms with Crippen LogP contribution in [0.2, 0.25) is 0 Å². The highest BCUT2D eigenvalue weighted by atomic mass is 16.3. The third kappa shape index (κ3) is 2.48. The summed E-state index contributed by atoms with van der Waals surface area (Å²) in [6.45, 7) is 4.82. The highest BCUT2D eigenvalue weighted by molar-refractivity contribution is 5.95. The number of hydrogen-bond donors (Lipinski definition) is 0. The van der Waals surface area contributed by atoms with E-state index in [1.54, 1.807) is 18.4 Å². The first-order valence-corrected chi connectivity index (χ1v) is 5.58. The highest BCUT2D eigenvalue weighted by Gasteiger charge is 2.23. The molecule has 0 N–H and O–H groups in total. The van der Waals surface area contributed by atoms with Crippen molar-refractivity contribution in [2.75, 3.05) is 19.6 Å². The number of carbonyl (C=O) groups excluding carboxylic acids is 1. The van der Waals surface area contributed by atoms with E-state index in [9.17, 15) is 4.79 Å². The van der Waals surface area contributed by atoms with Crippen molar-refractivity contribution >= 4 is 5.78 Å². The maximum absolute atomic E-state index is 11.7. The predicted molar refractivity (Wildman–Crippen MR) is 57.9 cm³/mol. The van der Waals surface area contributed by atoms with Crippen LogP contribution in [-0.4, -0.2) is 30.3 Å². The van der Waals surface area contributed by atoms with Crippen LogP contribution < -0.4 is 0 Å². The van der Waals surface area contributed by atoms with Crippen LogP contribution in [0.3, 0.4) is 0 Å². The number of carbonyl (C=O) groups is 1. The summed E-state index contributed by atoms with van der Waals surface area (Å²) in [5, 5.41) is 0. The van der Waals surface area contributed by atoms with E-state index in [0.717, 1.165) is 19.0 Å². The second-order valence-corrected chi connectivity index (χ2v) is 4.20. The van der Waals surface area contributed by atoms with Crippen LogP contribution >= 0.6 is 0 Å². The first kappa shape index (κ1) is 10.4. The Kier molecular flexibility index (Phi) is 3.21. The van der Waals surface area contributed by atoms with Crippen molar-refractivity contribution in [2.45, 2.75) is 19.8 Å². The molecule has 1 aliphatic heterocycles. The molecule has 0 spiro atoms. The molecule has 1 unspecified atom stereocenters. The van der Waals surface area contributed by atoms with E-state index in [4.69, 9.17) is 4.42 Å². The third-order valence-corrected chi connectivity index (χ3v) is 3.11. The Morgan fingerprint density at radius 2 is 2.53 bits per heavy atom. The first-order chi connectivity index (χ1) is 7.29. The Morgan fingerprint density at radius 1 is 1.67 bits per heavy atom. The van der Waals surface area contributed by atoms with Gasteiger partial charge in [0.2, 0.25) is 5.78 Å². The summed E-state index contributed by atoms with van der Waals surface area (Å²) in [5.74, 6) is 1.35. The molecule has 2 rings (SSSR count). The van der Waals surface area contributed by atoms with Crippen molar-refractivity contribution in [1.82, 2.24) is 4.90 Å². The van der Waals surface area contributed by atoms with Gasteiger partial charge in [0.1, 0.15) is 0 Å². The highest BCUT2D eigenvalue weighted by Crippen LogP contribution is 2.19. The van der Waals surface area contributed by atoms with Crippen molar-refractivity contribution in [2.24, 2.45) is 5.92 Å². The zero-order valence-electron chi connectivity index (χ0n) is 9.11. The number of Topliss-reactive ketones (excluding diaryl/α,β-unsaturated/α-hetero) is 1. The number of rotatable bonds is 4. The second kappa shape index (κ2) is 4.62. The number of hydrogen-bond acceptors (Lipinski definition) is 3. The Bertz CT molecular complexity index is 318. The monoisotopic (exact) mass is 207 g/mol. The largest absolute Gasteiger partial charge is 0.461 e. The maximum Gasteiger partial charge on any atom is 0.211 e. The van der Waals surface area contributed by atoms with Gasteiger partial charge in [0.05, 0.1) is 12.8 Å². The third-order valence-electron chi connectivity index (χ3n) is 3.11. The van der Waals surface area contributed by atoms with E-state index >= 15 is 0 Å². The van der Waals surface area contributed by atoms with E-state index in [-0.39, 0.29) is 5.78 Å². The molecule has 1 aromatic heterocycles. The summed E-state index contributed by atoms with van der Waals surface area (Å²) < 4.78 is 5.08. The molecule has 0 saturated carbocycles. The molecule has 1 aliphatic rings. The Balaban J connectivity index is 1.86. The average Bonchev–Trinajstić information content (AvgIpc) is 2.87. The second-order valence-electron chi connectivity index (χ2n) is 4.20. The van der Waals surface area contributed by atoms with Gasteiger partial charge in [0.15, 0.2) is 5.76 Å². The fourth-order valence-corrected chi connectivity index (χ4v) is 2.11. The lowest BCUT2D eigenvalue weighted by atomic mass is 10.1. The molecule has 0 aliphatic carbocycles. The lowest BCUT2D eigenvalue weighted by Crippen LogP contribution is -2.27. The summed E-state index contributed by atoms with van der Waals surface area (Å²) in [6, 6.07) is 3.49. The Hall–Kier alpha value is -1.09. The smallest absolute Gasteiger partial charge is 0.211 e. The Morgan fingerprint density at radius 3 is 3.13 bits per heavy atom. The molecule has 0 bridgehead atoms. The quantitative estimate of drug-likeness (QED) is 0.710. The molecule has 1 aromatic rings. The number of nitrogens with zero attached hydrogens (tertiary/aromatic N) is 1. The van der Waals surface area contributed by atoms with Crippen LogP contribution in [0.25, 0.3) is 0 Å². The lowest BCUT2D eigenvalue weighted by molar-refractivity contribution is 0.0916. The molecule has 2 heterocycles. The van der Waals surface area contributed by atoms with Gasteiger partial charge in [-0.05, 0) is 31.0 Å². The van der Waals surface area contributed by atoms with Crippen molar-refractivity contribution in [3.05, 3.63) is 24.2 Å². The average molecular weight is 207 g/mol. The zero-order valence-corrected chi connectivity index (χ0v) is 9.11. The summed E-state index contributed by atoms with van der Waals surface area (Å²) in [4.78, 5) is 13.9. The van der Waals surface area contributed by atoms with Crippen molar-refractivity contribution < 1.29 is 9.21 Å². The van der Waals surface area contributed by atoms with Gasteiger partial charge in [0, 0.05) is 6.54 Å². The van der Waals surface area contributed by atoms with E-state index < -0.39 is 0 Å². The van der Waals surface area contributed by atoms with Crippen LogP contribution in [0, 0.1) is 5.92 Å². The van der Waals surface area contributed by atoms with Crippen molar-refractivity contribution in [1.29, 1.82) is 0 Å². The van der Waals surface area contributed by atoms with Gasteiger partial charge >= 0.3 is 0 Å². The standard InChI is InChI=1S/C12H17NO2/c1-2-10-5-6-13(8-10)9-11(14)12-4-3-7-15-12/h3-4,7,10H,2,5-6,8-9H2,1H3. The number of likely N-dealkylation sites (tertiary alicyclic amines) is 1. The Labute approximate surface area is 90.1 Å². The summed E-state index contributed by atoms with van der Waals surface area (Å²) in [6.07, 6.45) is 3.99. The van der Waals surface area contributed by atoms with Crippen LogP contribution in [-0.2, 0) is 0 Å². The minimum absolute atomic E-state index is 0.0942. The minimum atomic E-state index is 0.0942. The van der Waals surface area contributed by atoms with E-state index in [1.165, 1.54) is 12.8 Å². The molecule has 0 amide bonds. The molecule has 1 saturated heterocycles. The summed E-state index contributed by atoms with van der Waals surface area (Å²) in [7, 11) is 0. The van der Waals surface area contributed by atoms with E-state index in [2.05, 4.69) is 11.8 Å². The fourth-order valence-electron chi connectivity index (χ4n) is 2.11. The van der Waals surface area contributed by atoms with Gasteiger partial charge in [-0.1, -0.05) is 13.3 Å². The molecular weight excluding hydrogens is 190 g/mol. The van der Waals surface area contributed by atoms with Gasteiger partial charge in [-0.2, -0.15) is 0 Å². The molecule has 1 fully saturated rings. The van der Waals surface area contributed by atoms with Crippen LogP contribution in [0.1, 0.15) is 30.3 Å². The number of ketones is 1. The molecular formula is C12H17NO2. The predicted octanol–water partition coefficient (Wildman–Crippen LogP) is 2.19. The first-order valence-electron chi connectivity index (χ1n) is 5.58. The van der Waals surface area contributed by atoms with Gasteiger partial charge in [-0.15, -0.1) is 0 Å². The van der Waals surface area contributed by atoms with Crippen molar-refractivity contribution in [3.8, 4) is 0 Å². The van der Waals surface area contributed by atoms with E-state index in [0.29, 0.717) is 12.3 Å².